The molecule has 0 saturated heterocycles. The van der Waals surface area contributed by atoms with Gasteiger partial charge in [-0.25, -0.2) is 13.6 Å². The number of aromatic carboxylic acids is 1. The molecule has 0 aliphatic carbocycles. The van der Waals surface area contributed by atoms with Gasteiger partial charge in [0.1, 0.15) is 0 Å². The van der Waals surface area contributed by atoms with E-state index in [1.807, 2.05) is 0 Å². The van der Waals surface area contributed by atoms with Crippen LogP contribution in [0.2, 0.25) is 0 Å². The van der Waals surface area contributed by atoms with Gasteiger partial charge >= 0.3 is 5.97 Å². The molecule has 5 heteroatoms. The van der Waals surface area contributed by atoms with Gasteiger partial charge in [-0.3, -0.25) is 0 Å². The first-order chi connectivity index (χ1) is 8.97. The molecular weight excluding hydrogens is 254 g/mol. The SMILES string of the molecule is Cc1ccc(F)c(Oc2ccc(C(=O)O)cc2F)c1. The van der Waals surface area contributed by atoms with Crippen LogP contribution in [-0.2, 0) is 0 Å². The van der Waals surface area contributed by atoms with Gasteiger partial charge < -0.3 is 9.84 Å². The molecule has 0 bridgehead atoms. The lowest BCUT2D eigenvalue weighted by Crippen LogP contribution is -1.98. The van der Waals surface area contributed by atoms with E-state index in [2.05, 4.69) is 0 Å². The molecule has 0 aliphatic heterocycles. The molecule has 0 unspecified atom stereocenters. The van der Waals surface area contributed by atoms with Crippen molar-refractivity contribution in [3.63, 3.8) is 0 Å². The Hall–Kier alpha value is -2.43. The fourth-order valence-electron chi connectivity index (χ4n) is 1.52. The molecule has 0 aliphatic rings. The quantitative estimate of drug-likeness (QED) is 0.918. The molecule has 0 aromatic heterocycles. The van der Waals surface area contributed by atoms with Crippen molar-refractivity contribution >= 4 is 5.97 Å². The van der Waals surface area contributed by atoms with Gasteiger partial charge in [-0.2, -0.15) is 0 Å². The van der Waals surface area contributed by atoms with Crippen LogP contribution in [0.5, 0.6) is 11.5 Å². The molecule has 0 spiro atoms. The molecule has 2 aromatic rings. The summed E-state index contributed by atoms with van der Waals surface area (Å²) < 4.78 is 32.2. The van der Waals surface area contributed by atoms with Crippen LogP contribution in [0.3, 0.4) is 0 Å². The minimum Gasteiger partial charge on any atom is -0.478 e. The molecule has 2 rings (SSSR count). The standard InChI is InChI=1S/C14H10F2O3/c1-8-2-4-10(15)13(6-8)19-12-5-3-9(14(17)18)7-11(12)16/h2-7H,1H3,(H,17,18). The highest BCUT2D eigenvalue weighted by Crippen LogP contribution is 2.28. The second-order valence-electron chi connectivity index (χ2n) is 3.99. The van der Waals surface area contributed by atoms with E-state index in [0.29, 0.717) is 0 Å². The first-order valence-electron chi connectivity index (χ1n) is 5.44. The molecular formula is C14H10F2O3. The summed E-state index contributed by atoms with van der Waals surface area (Å²) in [5.74, 6) is -3.06. The van der Waals surface area contributed by atoms with Crippen LogP contribution in [0.15, 0.2) is 36.4 Å². The predicted molar refractivity (Wildman–Crippen MR) is 64.6 cm³/mol. The third-order valence-electron chi connectivity index (χ3n) is 2.49. The van der Waals surface area contributed by atoms with Crippen molar-refractivity contribution in [3.8, 4) is 11.5 Å². The van der Waals surface area contributed by atoms with Crippen molar-refractivity contribution < 1.29 is 23.4 Å². The van der Waals surface area contributed by atoms with Gasteiger partial charge in [0, 0.05) is 0 Å². The van der Waals surface area contributed by atoms with Gasteiger partial charge in [-0.05, 0) is 42.8 Å². The maximum Gasteiger partial charge on any atom is 0.335 e. The number of carbonyl (C=O) groups is 1. The normalized spacial score (nSPS) is 10.3. The molecule has 2 aromatic carbocycles. The summed E-state index contributed by atoms with van der Waals surface area (Å²) >= 11 is 0. The number of carboxylic acids is 1. The summed E-state index contributed by atoms with van der Waals surface area (Å²) in [5.41, 5.74) is 0.563. The van der Waals surface area contributed by atoms with Crippen LogP contribution in [0, 0.1) is 18.6 Å². The van der Waals surface area contributed by atoms with Crippen molar-refractivity contribution in [2.24, 2.45) is 0 Å². The van der Waals surface area contributed by atoms with Gasteiger partial charge in [0.25, 0.3) is 0 Å². The summed E-state index contributed by atoms with van der Waals surface area (Å²) in [4.78, 5) is 10.7. The first-order valence-corrected chi connectivity index (χ1v) is 5.44. The number of ether oxygens (including phenoxy) is 1. The third kappa shape index (κ3) is 2.88. The number of carboxylic acid groups (broad SMARTS) is 1. The Morgan fingerprint density at radius 2 is 1.79 bits per heavy atom. The second-order valence-corrected chi connectivity index (χ2v) is 3.99. The average Bonchev–Trinajstić information content (AvgIpc) is 2.36. The number of aryl methyl sites for hydroxylation is 1. The Labute approximate surface area is 108 Å². The van der Waals surface area contributed by atoms with Crippen molar-refractivity contribution in [1.29, 1.82) is 0 Å². The highest BCUT2D eigenvalue weighted by atomic mass is 19.1. The molecule has 0 fully saturated rings. The van der Waals surface area contributed by atoms with Gasteiger partial charge in [-0.1, -0.05) is 6.07 Å². The molecule has 19 heavy (non-hydrogen) atoms. The largest absolute Gasteiger partial charge is 0.478 e. The smallest absolute Gasteiger partial charge is 0.335 e. The lowest BCUT2D eigenvalue weighted by molar-refractivity contribution is 0.0696. The first kappa shape index (κ1) is 13.0. The molecule has 0 atom stereocenters. The number of rotatable bonds is 3. The van der Waals surface area contributed by atoms with E-state index < -0.39 is 17.6 Å². The average molecular weight is 264 g/mol. The van der Waals surface area contributed by atoms with Crippen molar-refractivity contribution in [1.82, 2.24) is 0 Å². The number of halogens is 2. The van der Waals surface area contributed by atoms with E-state index in [9.17, 15) is 13.6 Å². The zero-order valence-electron chi connectivity index (χ0n) is 9.98. The molecule has 0 heterocycles. The van der Waals surface area contributed by atoms with Gasteiger partial charge in [-0.15, -0.1) is 0 Å². The predicted octanol–water partition coefficient (Wildman–Crippen LogP) is 3.76. The molecule has 3 nitrogen and oxygen atoms in total. The molecule has 0 saturated carbocycles. The van der Waals surface area contributed by atoms with Crippen LogP contribution in [0.25, 0.3) is 0 Å². The van der Waals surface area contributed by atoms with Gasteiger partial charge in [0.2, 0.25) is 0 Å². The van der Waals surface area contributed by atoms with Gasteiger partial charge in [0.05, 0.1) is 5.56 Å². The van der Waals surface area contributed by atoms with E-state index in [0.717, 1.165) is 17.7 Å². The summed E-state index contributed by atoms with van der Waals surface area (Å²) in [6.45, 7) is 1.75. The lowest BCUT2D eigenvalue weighted by atomic mass is 10.2. The molecule has 1 N–H and O–H groups in total. The van der Waals surface area contributed by atoms with Crippen molar-refractivity contribution in [3.05, 3.63) is 59.2 Å². The van der Waals surface area contributed by atoms with E-state index in [4.69, 9.17) is 9.84 Å². The molecule has 0 radical (unpaired) electrons. The third-order valence-corrected chi connectivity index (χ3v) is 2.49. The molecule has 0 amide bonds. The zero-order valence-corrected chi connectivity index (χ0v) is 9.98. The zero-order chi connectivity index (χ0) is 14.0. The topological polar surface area (TPSA) is 46.5 Å². The van der Waals surface area contributed by atoms with Crippen LogP contribution in [0.4, 0.5) is 8.78 Å². The monoisotopic (exact) mass is 264 g/mol. The number of hydrogen-bond acceptors (Lipinski definition) is 2. The minimum absolute atomic E-state index is 0.109. The summed E-state index contributed by atoms with van der Waals surface area (Å²) in [7, 11) is 0. The highest BCUT2D eigenvalue weighted by molar-refractivity contribution is 5.87. The summed E-state index contributed by atoms with van der Waals surface area (Å²) in [5, 5.41) is 8.70. The lowest BCUT2D eigenvalue weighted by Gasteiger charge is -2.08. The van der Waals surface area contributed by atoms with Crippen molar-refractivity contribution in [2.45, 2.75) is 6.92 Å². The highest BCUT2D eigenvalue weighted by Gasteiger charge is 2.12. The number of hydrogen-bond donors (Lipinski definition) is 1. The Morgan fingerprint density at radius 1 is 1.05 bits per heavy atom. The Kier molecular flexibility index (Phi) is 3.46. The van der Waals surface area contributed by atoms with E-state index in [1.54, 1.807) is 13.0 Å². The fourth-order valence-corrected chi connectivity index (χ4v) is 1.52. The van der Waals surface area contributed by atoms with Gasteiger partial charge in [0.15, 0.2) is 23.1 Å². The Morgan fingerprint density at radius 3 is 2.42 bits per heavy atom. The van der Waals surface area contributed by atoms with E-state index >= 15 is 0 Å². The van der Waals surface area contributed by atoms with Crippen LogP contribution in [-0.4, -0.2) is 11.1 Å². The van der Waals surface area contributed by atoms with Crippen molar-refractivity contribution in [2.75, 3.05) is 0 Å². The Bertz CT molecular complexity index is 639. The van der Waals surface area contributed by atoms with E-state index in [-0.39, 0.29) is 17.1 Å². The second kappa shape index (κ2) is 5.06. The number of benzene rings is 2. The fraction of sp³-hybridized carbons (Fsp3) is 0.0714. The van der Waals surface area contributed by atoms with E-state index in [1.165, 1.54) is 18.2 Å². The maximum absolute atomic E-state index is 13.6. The minimum atomic E-state index is -1.24. The maximum atomic E-state index is 13.6. The van der Waals surface area contributed by atoms with Crippen LogP contribution in [0.1, 0.15) is 15.9 Å². The molecule has 98 valence electrons. The Balaban J connectivity index is 2.33. The summed E-state index contributed by atoms with van der Waals surface area (Å²) in [6, 6.07) is 7.38. The summed E-state index contributed by atoms with van der Waals surface area (Å²) in [6.07, 6.45) is 0. The van der Waals surface area contributed by atoms with Crippen LogP contribution >= 0.6 is 0 Å². The van der Waals surface area contributed by atoms with Crippen LogP contribution < -0.4 is 4.74 Å².